The van der Waals surface area contributed by atoms with E-state index in [-0.39, 0.29) is 0 Å². The van der Waals surface area contributed by atoms with Gasteiger partial charge >= 0.3 is 0 Å². The van der Waals surface area contributed by atoms with Gasteiger partial charge in [-0.05, 0) is 6.07 Å². The van der Waals surface area contributed by atoms with E-state index in [2.05, 4.69) is 10.1 Å². The normalized spacial score (nSPS) is 10.3. The SMILES string of the molecule is Fc1cc(-n2cc(Cl)cn2)ccn1. The van der Waals surface area contributed by atoms with E-state index >= 15 is 0 Å². The molecule has 0 N–H and O–H groups in total. The molecule has 0 amide bonds. The van der Waals surface area contributed by atoms with Gasteiger partial charge in [0.1, 0.15) is 0 Å². The fraction of sp³-hybridized carbons (Fsp3) is 0. The van der Waals surface area contributed by atoms with Gasteiger partial charge in [0.05, 0.1) is 16.9 Å². The molecule has 13 heavy (non-hydrogen) atoms. The fourth-order valence-corrected chi connectivity index (χ4v) is 1.11. The largest absolute Gasteiger partial charge is 0.239 e. The van der Waals surface area contributed by atoms with Crippen LogP contribution in [0.5, 0.6) is 0 Å². The Labute approximate surface area is 78.8 Å². The quantitative estimate of drug-likeness (QED) is 0.656. The molecule has 0 fully saturated rings. The predicted octanol–water partition coefficient (Wildman–Crippen LogP) is 2.06. The number of hydrogen-bond donors (Lipinski definition) is 0. The molecule has 0 spiro atoms. The minimum absolute atomic E-state index is 0.511. The number of nitrogens with zero attached hydrogens (tertiary/aromatic N) is 3. The Morgan fingerprint density at radius 2 is 2.31 bits per heavy atom. The molecule has 3 nitrogen and oxygen atoms in total. The van der Waals surface area contributed by atoms with Gasteiger partial charge in [-0.3, -0.25) is 0 Å². The Kier molecular flexibility index (Phi) is 1.98. The first-order valence-corrected chi connectivity index (χ1v) is 3.95. The summed E-state index contributed by atoms with van der Waals surface area (Å²) in [5.41, 5.74) is 0.597. The van der Waals surface area contributed by atoms with Crippen molar-refractivity contribution < 1.29 is 4.39 Å². The van der Waals surface area contributed by atoms with Crippen LogP contribution in [0.25, 0.3) is 5.69 Å². The molecule has 0 bridgehead atoms. The minimum atomic E-state index is -0.538. The summed E-state index contributed by atoms with van der Waals surface area (Å²) in [6, 6.07) is 2.93. The van der Waals surface area contributed by atoms with Gasteiger partial charge < -0.3 is 0 Å². The zero-order valence-corrected chi connectivity index (χ0v) is 7.24. The van der Waals surface area contributed by atoms with E-state index in [1.54, 1.807) is 12.3 Å². The third kappa shape index (κ3) is 1.67. The van der Waals surface area contributed by atoms with Gasteiger partial charge in [-0.1, -0.05) is 11.6 Å². The maximum atomic E-state index is 12.7. The predicted molar refractivity (Wildman–Crippen MR) is 46.3 cm³/mol. The van der Waals surface area contributed by atoms with Gasteiger partial charge in [-0.25, -0.2) is 9.67 Å². The van der Waals surface area contributed by atoms with E-state index in [0.717, 1.165) is 0 Å². The lowest BCUT2D eigenvalue weighted by Gasteiger charge is -1.98. The summed E-state index contributed by atoms with van der Waals surface area (Å²) in [6.07, 6.45) is 4.45. The monoisotopic (exact) mass is 197 g/mol. The van der Waals surface area contributed by atoms with Gasteiger partial charge in [-0.2, -0.15) is 9.49 Å². The first-order valence-electron chi connectivity index (χ1n) is 3.58. The molecule has 2 rings (SSSR count). The van der Waals surface area contributed by atoms with Crippen molar-refractivity contribution in [3.05, 3.63) is 41.7 Å². The molecule has 0 aliphatic rings. The molecular weight excluding hydrogens is 193 g/mol. The minimum Gasteiger partial charge on any atom is -0.239 e. The third-order valence-electron chi connectivity index (χ3n) is 1.53. The Bertz CT molecular complexity index is 427. The van der Waals surface area contributed by atoms with Crippen LogP contribution in [-0.2, 0) is 0 Å². The summed E-state index contributed by atoms with van der Waals surface area (Å²) in [4.78, 5) is 3.43. The zero-order valence-electron chi connectivity index (χ0n) is 6.48. The maximum absolute atomic E-state index is 12.7. The fourth-order valence-electron chi connectivity index (χ4n) is 0.977. The van der Waals surface area contributed by atoms with Crippen molar-refractivity contribution in [2.45, 2.75) is 0 Å². The lowest BCUT2D eigenvalue weighted by Crippen LogP contribution is -1.95. The highest BCUT2D eigenvalue weighted by molar-refractivity contribution is 6.30. The highest BCUT2D eigenvalue weighted by Crippen LogP contribution is 2.11. The Balaban J connectivity index is 2.46. The molecule has 66 valence electrons. The van der Waals surface area contributed by atoms with Crippen LogP contribution in [0.4, 0.5) is 4.39 Å². The van der Waals surface area contributed by atoms with Gasteiger partial charge in [0.15, 0.2) is 0 Å². The Morgan fingerprint density at radius 1 is 1.46 bits per heavy atom. The average Bonchev–Trinajstić information content (AvgIpc) is 2.52. The van der Waals surface area contributed by atoms with Crippen LogP contribution >= 0.6 is 11.6 Å². The molecule has 2 heterocycles. The van der Waals surface area contributed by atoms with E-state index in [9.17, 15) is 4.39 Å². The summed E-state index contributed by atoms with van der Waals surface area (Å²) in [5, 5.41) is 4.43. The van der Waals surface area contributed by atoms with Crippen molar-refractivity contribution >= 4 is 11.6 Å². The van der Waals surface area contributed by atoms with Crippen molar-refractivity contribution in [3.63, 3.8) is 0 Å². The second-order valence-corrected chi connectivity index (χ2v) is 2.88. The van der Waals surface area contributed by atoms with Crippen LogP contribution in [0, 0.1) is 5.95 Å². The first kappa shape index (κ1) is 8.19. The average molecular weight is 198 g/mol. The molecule has 0 aromatic carbocycles. The lowest BCUT2D eigenvalue weighted by atomic mass is 10.4. The van der Waals surface area contributed by atoms with Crippen molar-refractivity contribution in [3.8, 4) is 5.69 Å². The molecule has 0 unspecified atom stereocenters. The molecule has 0 atom stereocenters. The topological polar surface area (TPSA) is 30.7 Å². The van der Waals surface area contributed by atoms with Crippen LogP contribution in [0.15, 0.2) is 30.7 Å². The first-order chi connectivity index (χ1) is 6.25. The summed E-state index contributed by atoms with van der Waals surface area (Å²) >= 11 is 5.66. The van der Waals surface area contributed by atoms with Crippen LogP contribution in [0.3, 0.4) is 0 Å². The molecule has 0 saturated carbocycles. The van der Waals surface area contributed by atoms with E-state index in [1.165, 1.54) is 23.1 Å². The van der Waals surface area contributed by atoms with Crippen molar-refractivity contribution in [2.24, 2.45) is 0 Å². The zero-order chi connectivity index (χ0) is 9.26. The number of pyridine rings is 1. The van der Waals surface area contributed by atoms with Gasteiger partial charge in [-0.15, -0.1) is 0 Å². The van der Waals surface area contributed by atoms with Gasteiger partial charge in [0, 0.05) is 18.5 Å². The van der Waals surface area contributed by atoms with Crippen molar-refractivity contribution in [2.75, 3.05) is 0 Å². The van der Waals surface area contributed by atoms with Gasteiger partial charge in [0.2, 0.25) is 5.95 Å². The lowest BCUT2D eigenvalue weighted by molar-refractivity contribution is 0.581. The van der Waals surface area contributed by atoms with E-state index < -0.39 is 5.95 Å². The molecule has 0 aliphatic carbocycles. The second-order valence-electron chi connectivity index (χ2n) is 2.44. The molecule has 0 aliphatic heterocycles. The molecule has 2 aromatic heterocycles. The number of hydrogen-bond acceptors (Lipinski definition) is 2. The van der Waals surface area contributed by atoms with Crippen LogP contribution < -0.4 is 0 Å². The van der Waals surface area contributed by atoms with E-state index in [0.29, 0.717) is 10.7 Å². The Hall–Kier alpha value is -1.42. The summed E-state index contributed by atoms with van der Waals surface area (Å²) in [5.74, 6) is -0.538. The standard InChI is InChI=1S/C8H5ClFN3/c9-6-4-12-13(5-6)7-1-2-11-8(10)3-7/h1-5H. The van der Waals surface area contributed by atoms with E-state index in [1.807, 2.05) is 0 Å². The van der Waals surface area contributed by atoms with Crippen LogP contribution in [-0.4, -0.2) is 14.8 Å². The number of rotatable bonds is 1. The highest BCUT2D eigenvalue weighted by atomic mass is 35.5. The second kappa shape index (κ2) is 3.14. The smallest absolute Gasteiger partial charge is 0.214 e. The van der Waals surface area contributed by atoms with E-state index in [4.69, 9.17) is 11.6 Å². The molecule has 0 saturated heterocycles. The molecule has 2 aromatic rings. The Morgan fingerprint density at radius 3 is 2.92 bits per heavy atom. The summed E-state index contributed by atoms with van der Waals surface area (Å²) < 4.78 is 14.2. The number of halogens is 2. The van der Waals surface area contributed by atoms with Gasteiger partial charge in [0.25, 0.3) is 0 Å². The molecular formula is C8H5ClFN3. The molecule has 5 heteroatoms. The maximum Gasteiger partial charge on any atom is 0.214 e. The van der Waals surface area contributed by atoms with Crippen molar-refractivity contribution in [1.82, 2.24) is 14.8 Å². The van der Waals surface area contributed by atoms with Crippen LogP contribution in [0.1, 0.15) is 0 Å². The summed E-state index contributed by atoms with van der Waals surface area (Å²) in [7, 11) is 0. The summed E-state index contributed by atoms with van der Waals surface area (Å²) in [6.45, 7) is 0. The third-order valence-corrected chi connectivity index (χ3v) is 1.72. The molecule has 0 radical (unpaired) electrons. The van der Waals surface area contributed by atoms with Crippen molar-refractivity contribution in [1.29, 1.82) is 0 Å². The highest BCUT2D eigenvalue weighted by Gasteiger charge is 2.00. The number of aromatic nitrogens is 3. The van der Waals surface area contributed by atoms with Crippen LogP contribution in [0.2, 0.25) is 5.02 Å².